The largest absolute Gasteiger partial charge is 0.320 e. The van der Waals surface area contributed by atoms with Gasteiger partial charge in [-0.1, -0.05) is 22.0 Å². The van der Waals surface area contributed by atoms with Gasteiger partial charge in [0.2, 0.25) is 0 Å². The Morgan fingerprint density at radius 1 is 1.27 bits per heavy atom. The summed E-state index contributed by atoms with van der Waals surface area (Å²) in [4.78, 5) is 17.0. The number of rotatable bonds is 2. The van der Waals surface area contributed by atoms with Crippen molar-refractivity contribution in [3.8, 4) is 0 Å². The number of benzene rings is 1. The van der Waals surface area contributed by atoms with Crippen LogP contribution in [0.25, 0.3) is 10.9 Å². The molecule has 0 fully saturated rings. The standard InChI is InChI=1S/C16H15BrN4O/c1-9-14(10(2)21(3)20-9)16(22)19-13-7-6-12(17)11-5-4-8-18-15(11)13/h4-8H,1-3H3,(H,19,22). The lowest BCUT2D eigenvalue weighted by Gasteiger charge is -2.09. The normalized spacial score (nSPS) is 10.9. The van der Waals surface area contributed by atoms with Crippen LogP contribution in [0.3, 0.4) is 0 Å². The quantitative estimate of drug-likeness (QED) is 0.761. The molecular weight excluding hydrogens is 344 g/mol. The van der Waals surface area contributed by atoms with Gasteiger partial charge in [0.05, 0.1) is 22.5 Å². The van der Waals surface area contributed by atoms with E-state index in [-0.39, 0.29) is 5.91 Å². The number of carbonyl (C=O) groups excluding carboxylic acids is 1. The van der Waals surface area contributed by atoms with Gasteiger partial charge in [-0.25, -0.2) is 0 Å². The Hall–Kier alpha value is -2.21. The van der Waals surface area contributed by atoms with Gasteiger partial charge in [-0.05, 0) is 32.0 Å². The van der Waals surface area contributed by atoms with Crippen LogP contribution in [0.1, 0.15) is 21.7 Å². The van der Waals surface area contributed by atoms with Crippen LogP contribution in [0.15, 0.2) is 34.9 Å². The van der Waals surface area contributed by atoms with E-state index < -0.39 is 0 Å². The van der Waals surface area contributed by atoms with Gasteiger partial charge < -0.3 is 5.32 Å². The number of fused-ring (bicyclic) bond motifs is 1. The summed E-state index contributed by atoms with van der Waals surface area (Å²) < 4.78 is 2.66. The van der Waals surface area contributed by atoms with E-state index in [1.807, 2.05) is 45.2 Å². The van der Waals surface area contributed by atoms with Gasteiger partial charge in [0.1, 0.15) is 0 Å². The molecule has 3 aromatic rings. The van der Waals surface area contributed by atoms with E-state index >= 15 is 0 Å². The molecule has 2 heterocycles. The second-order valence-corrected chi connectivity index (χ2v) is 5.97. The van der Waals surface area contributed by atoms with Crippen molar-refractivity contribution >= 4 is 38.4 Å². The van der Waals surface area contributed by atoms with Crippen molar-refractivity contribution in [2.45, 2.75) is 13.8 Å². The summed E-state index contributed by atoms with van der Waals surface area (Å²) >= 11 is 3.50. The van der Waals surface area contributed by atoms with Crippen LogP contribution in [0.4, 0.5) is 5.69 Å². The lowest BCUT2D eigenvalue weighted by atomic mass is 10.1. The first-order valence-corrected chi connectivity index (χ1v) is 7.63. The van der Waals surface area contributed by atoms with Crippen molar-refractivity contribution in [3.05, 3.63) is 51.9 Å². The predicted molar refractivity (Wildman–Crippen MR) is 90.1 cm³/mol. The van der Waals surface area contributed by atoms with Gasteiger partial charge in [-0.15, -0.1) is 0 Å². The average molecular weight is 359 g/mol. The molecule has 6 heteroatoms. The molecule has 1 aromatic carbocycles. The third kappa shape index (κ3) is 2.39. The zero-order chi connectivity index (χ0) is 15.9. The molecule has 0 saturated heterocycles. The summed E-state index contributed by atoms with van der Waals surface area (Å²) in [5.74, 6) is -0.169. The first-order valence-electron chi connectivity index (χ1n) is 6.84. The van der Waals surface area contributed by atoms with Crippen molar-refractivity contribution < 1.29 is 4.79 Å². The fourth-order valence-electron chi connectivity index (χ4n) is 2.53. The number of hydrogen-bond donors (Lipinski definition) is 1. The molecule has 0 aliphatic rings. The fourth-order valence-corrected chi connectivity index (χ4v) is 2.98. The molecule has 1 amide bonds. The number of amides is 1. The SMILES string of the molecule is Cc1nn(C)c(C)c1C(=O)Nc1ccc(Br)c2cccnc12. The van der Waals surface area contributed by atoms with Gasteiger partial charge in [0, 0.05) is 28.8 Å². The molecule has 0 aliphatic heterocycles. The van der Waals surface area contributed by atoms with Gasteiger partial charge in [-0.3, -0.25) is 14.5 Å². The Bertz CT molecular complexity index is 885. The first kappa shape index (κ1) is 14.7. The van der Waals surface area contributed by atoms with Crippen LogP contribution in [-0.4, -0.2) is 20.7 Å². The molecule has 0 radical (unpaired) electrons. The number of halogens is 1. The molecule has 2 aromatic heterocycles. The van der Waals surface area contributed by atoms with E-state index in [2.05, 4.69) is 31.3 Å². The maximum absolute atomic E-state index is 12.6. The summed E-state index contributed by atoms with van der Waals surface area (Å²) in [5, 5.41) is 8.19. The lowest BCUT2D eigenvalue weighted by Crippen LogP contribution is -2.14. The van der Waals surface area contributed by atoms with Crippen LogP contribution in [0, 0.1) is 13.8 Å². The predicted octanol–water partition coefficient (Wildman–Crippen LogP) is 3.60. The van der Waals surface area contributed by atoms with Crippen LogP contribution < -0.4 is 5.32 Å². The second kappa shape index (κ2) is 5.53. The highest BCUT2D eigenvalue weighted by molar-refractivity contribution is 9.10. The van der Waals surface area contributed by atoms with Gasteiger partial charge in [-0.2, -0.15) is 5.10 Å². The molecule has 0 unspecified atom stereocenters. The minimum Gasteiger partial charge on any atom is -0.320 e. The topological polar surface area (TPSA) is 59.8 Å². The van der Waals surface area contributed by atoms with E-state index in [1.165, 1.54) is 0 Å². The van der Waals surface area contributed by atoms with E-state index in [0.717, 1.165) is 21.1 Å². The third-order valence-corrected chi connectivity index (χ3v) is 4.39. The Labute approximate surface area is 136 Å². The monoisotopic (exact) mass is 358 g/mol. The highest BCUT2D eigenvalue weighted by Gasteiger charge is 2.18. The number of pyridine rings is 1. The van der Waals surface area contributed by atoms with Crippen molar-refractivity contribution in [1.29, 1.82) is 0 Å². The molecular formula is C16H15BrN4O. The zero-order valence-electron chi connectivity index (χ0n) is 12.5. The van der Waals surface area contributed by atoms with E-state index in [9.17, 15) is 4.79 Å². The summed E-state index contributed by atoms with van der Waals surface area (Å²) in [6.07, 6.45) is 1.71. The smallest absolute Gasteiger partial charge is 0.259 e. The molecule has 0 saturated carbocycles. The number of nitrogens with zero attached hydrogens (tertiary/aromatic N) is 3. The average Bonchev–Trinajstić information content (AvgIpc) is 2.75. The molecule has 0 bridgehead atoms. The number of aromatic nitrogens is 3. The molecule has 0 spiro atoms. The van der Waals surface area contributed by atoms with E-state index in [1.54, 1.807) is 10.9 Å². The first-order chi connectivity index (χ1) is 10.5. The molecule has 22 heavy (non-hydrogen) atoms. The number of aryl methyl sites for hydroxylation is 2. The third-order valence-electron chi connectivity index (χ3n) is 3.70. The minimum atomic E-state index is -0.169. The molecule has 112 valence electrons. The summed E-state index contributed by atoms with van der Waals surface area (Å²) in [7, 11) is 1.83. The van der Waals surface area contributed by atoms with Crippen molar-refractivity contribution in [2.24, 2.45) is 7.05 Å². The van der Waals surface area contributed by atoms with E-state index in [4.69, 9.17) is 0 Å². The summed E-state index contributed by atoms with van der Waals surface area (Å²) in [6, 6.07) is 7.58. The Morgan fingerprint density at radius 2 is 2.05 bits per heavy atom. The van der Waals surface area contributed by atoms with Crippen molar-refractivity contribution in [1.82, 2.24) is 14.8 Å². The van der Waals surface area contributed by atoms with Crippen LogP contribution in [0.5, 0.6) is 0 Å². The number of carbonyl (C=O) groups is 1. The molecule has 0 aliphatic carbocycles. The molecule has 3 rings (SSSR count). The number of anilines is 1. The minimum absolute atomic E-state index is 0.169. The molecule has 1 N–H and O–H groups in total. The number of nitrogens with one attached hydrogen (secondary N) is 1. The van der Waals surface area contributed by atoms with E-state index in [0.29, 0.717) is 16.9 Å². The van der Waals surface area contributed by atoms with Crippen molar-refractivity contribution in [3.63, 3.8) is 0 Å². The molecule has 5 nitrogen and oxygen atoms in total. The maximum atomic E-state index is 12.6. The Kier molecular flexibility index (Phi) is 3.70. The van der Waals surface area contributed by atoms with Crippen molar-refractivity contribution in [2.75, 3.05) is 5.32 Å². The summed E-state index contributed by atoms with van der Waals surface area (Å²) in [5.41, 5.74) is 3.60. The van der Waals surface area contributed by atoms with Gasteiger partial charge in [0.15, 0.2) is 0 Å². The highest BCUT2D eigenvalue weighted by Crippen LogP contribution is 2.29. The zero-order valence-corrected chi connectivity index (χ0v) is 14.1. The number of hydrogen-bond acceptors (Lipinski definition) is 3. The van der Waals surface area contributed by atoms with Gasteiger partial charge >= 0.3 is 0 Å². The fraction of sp³-hybridized carbons (Fsp3) is 0.188. The maximum Gasteiger partial charge on any atom is 0.259 e. The molecule has 0 atom stereocenters. The Morgan fingerprint density at radius 3 is 2.73 bits per heavy atom. The van der Waals surface area contributed by atoms with Crippen LogP contribution in [0.2, 0.25) is 0 Å². The summed E-state index contributed by atoms with van der Waals surface area (Å²) in [6.45, 7) is 3.71. The van der Waals surface area contributed by atoms with Crippen LogP contribution >= 0.6 is 15.9 Å². The second-order valence-electron chi connectivity index (χ2n) is 5.12. The van der Waals surface area contributed by atoms with Gasteiger partial charge in [0.25, 0.3) is 5.91 Å². The highest BCUT2D eigenvalue weighted by atomic mass is 79.9. The lowest BCUT2D eigenvalue weighted by molar-refractivity contribution is 0.102. The Balaban J connectivity index is 2.04. The van der Waals surface area contributed by atoms with Crippen LogP contribution in [-0.2, 0) is 7.05 Å².